The van der Waals surface area contributed by atoms with Crippen LogP contribution in [-0.4, -0.2) is 10.7 Å². The second kappa shape index (κ2) is 6.09. The lowest BCUT2D eigenvalue weighted by atomic mass is 9.61. The maximum Gasteiger partial charge on any atom is 0.0805 e. The van der Waals surface area contributed by atoms with E-state index in [9.17, 15) is 5.11 Å². The summed E-state index contributed by atoms with van der Waals surface area (Å²) in [5.41, 5.74) is 1.60. The monoisotopic (exact) mass is 366 g/mol. The van der Waals surface area contributed by atoms with E-state index in [1.54, 1.807) is 5.57 Å². The van der Waals surface area contributed by atoms with Crippen molar-refractivity contribution in [2.45, 2.75) is 71.3 Å². The van der Waals surface area contributed by atoms with Gasteiger partial charge in [-0.15, -0.1) is 0 Å². The summed E-state index contributed by atoms with van der Waals surface area (Å²) in [5, 5.41) is 10.1. The van der Waals surface area contributed by atoms with Crippen LogP contribution in [-0.2, 0) is 0 Å². The Morgan fingerprint density at radius 3 is 2.82 bits per heavy atom. The van der Waals surface area contributed by atoms with Crippen LogP contribution in [0.3, 0.4) is 0 Å². The van der Waals surface area contributed by atoms with Crippen molar-refractivity contribution in [3.63, 3.8) is 0 Å². The highest BCUT2D eigenvalue weighted by Gasteiger charge is 2.50. The third kappa shape index (κ3) is 2.98. The lowest BCUT2D eigenvalue weighted by Crippen LogP contribution is -2.36. The maximum absolute atomic E-state index is 10.1. The fraction of sp³-hybridized carbons (Fsp3) is 0.800. The van der Waals surface area contributed by atoms with Gasteiger partial charge in [0.15, 0.2) is 0 Å². The minimum Gasteiger partial charge on any atom is -0.386 e. The van der Waals surface area contributed by atoms with Gasteiger partial charge >= 0.3 is 0 Å². The summed E-state index contributed by atoms with van der Waals surface area (Å²) in [6.45, 7) is 6.96. The van der Waals surface area contributed by atoms with Crippen LogP contribution in [0.4, 0.5) is 0 Å². The molecule has 1 nitrogen and oxygen atoms in total. The van der Waals surface area contributed by atoms with E-state index < -0.39 is 5.60 Å². The van der Waals surface area contributed by atoms with Crippen LogP contribution in [0, 0.1) is 29.1 Å². The van der Waals surface area contributed by atoms with Crippen LogP contribution in [0.5, 0.6) is 0 Å². The molecule has 2 saturated carbocycles. The van der Waals surface area contributed by atoms with E-state index in [1.807, 2.05) is 13.0 Å². The second-order valence-corrected chi connectivity index (χ2v) is 9.13. The van der Waals surface area contributed by atoms with E-state index in [4.69, 9.17) is 0 Å². The molecule has 0 aromatic rings. The van der Waals surface area contributed by atoms with E-state index in [2.05, 4.69) is 40.8 Å². The molecule has 6 atom stereocenters. The van der Waals surface area contributed by atoms with Crippen molar-refractivity contribution in [1.82, 2.24) is 0 Å². The number of allylic oxidation sites excluding steroid dienone is 2. The first kappa shape index (κ1) is 16.8. The van der Waals surface area contributed by atoms with Gasteiger partial charge in [-0.25, -0.2) is 0 Å². The van der Waals surface area contributed by atoms with Gasteiger partial charge in [0.1, 0.15) is 0 Å². The molecule has 1 N–H and O–H groups in total. The number of rotatable bonds is 3. The molecule has 124 valence electrons. The van der Waals surface area contributed by atoms with Crippen molar-refractivity contribution in [3.05, 3.63) is 22.7 Å². The first-order chi connectivity index (χ1) is 10.4. The molecule has 0 spiro atoms. The van der Waals surface area contributed by atoms with E-state index in [1.165, 1.54) is 38.5 Å². The highest BCUT2D eigenvalue weighted by atomic mass is 79.9. The smallest absolute Gasteiger partial charge is 0.0805 e. The Balaban J connectivity index is 1.69. The summed E-state index contributed by atoms with van der Waals surface area (Å²) in [6.07, 6.45) is 13.2. The molecule has 0 aromatic heterocycles. The molecule has 0 saturated heterocycles. The summed E-state index contributed by atoms with van der Waals surface area (Å²) in [4.78, 5) is 2.22. The molecule has 0 radical (unpaired) electrons. The average molecular weight is 367 g/mol. The SMILES string of the molecule is C[C@H](C[C@H]1C=C[C@](C)(O)C1)[C@H]1CCC2C(=CBr)CCC[C@@]21C. The first-order valence-corrected chi connectivity index (χ1v) is 9.98. The third-order valence-corrected chi connectivity index (χ3v) is 7.53. The molecule has 0 amide bonds. The Hall–Kier alpha value is -0.0800. The molecule has 2 heteroatoms. The summed E-state index contributed by atoms with van der Waals surface area (Å²) in [6, 6.07) is 0. The van der Waals surface area contributed by atoms with Gasteiger partial charge in [-0.3, -0.25) is 0 Å². The topological polar surface area (TPSA) is 20.2 Å². The normalized spacial score (nSPS) is 47.9. The van der Waals surface area contributed by atoms with Crippen LogP contribution in [0.2, 0.25) is 0 Å². The molecule has 3 aliphatic carbocycles. The quantitative estimate of drug-likeness (QED) is 0.622. The predicted molar refractivity (Wildman–Crippen MR) is 96.8 cm³/mol. The zero-order chi connectivity index (χ0) is 16.0. The van der Waals surface area contributed by atoms with Gasteiger partial charge in [0.2, 0.25) is 0 Å². The predicted octanol–water partition coefficient (Wildman–Crippen LogP) is 5.83. The Labute approximate surface area is 144 Å². The Kier molecular flexibility index (Phi) is 4.64. The van der Waals surface area contributed by atoms with Gasteiger partial charge in [0.25, 0.3) is 0 Å². The summed E-state index contributed by atoms with van der Waals surface area (Å²) in [5.74, 6) is 2.98. The van der Waals surface area contributed by atoms with Crippen molar-refractivity contribution in [1.29, 1.82) is 0 Å². The van der Waals surface area contributed by atoms with Crippen molar-refractivity contribution in [2.24, 2.45) is 29.1 Å². The van der Waals surface area contributed by atoms with Crippen LogP contribution in [0.15, 0.2) is 22.7 Å². The van der Waals surface area contributed by atoms with Gasteiger partial charge in [0, 0.05) is 0 Å². The lowest BCUT2D eigenvalue weighted by Gasteiger charge is -2.44. The van der Waals surface area contributed by atoms with Crippen molar-refractivity contribution < 1.29 is 5.11 Å². The third-order valence-electron chi connectivity index (χ3n) is 6.94. The molecule has 3 rings (SSSR count). The van der Waals surface area contributed by atoms with Crippen LogP contribution in [0.1, 0.15) is 65.7 Å². The minimum atomic E-state index is -0.566. The number of halogens is 1. The van der Waals surface area contributed by atoms with Crippen molar-refractivity contribution in [2.75, 3.05) is 0 Å². The Morgan fingerprint density at radius 1 is 1.41 bits per heavy atom. The molecular formula is C20H31BrO. The van der Waals surface area contributed by atoms with E-state index >= 15 is 0 Å². The number of hydrogen-bond acceptors (Lipinski definition) is 1. The van der Waals surface area contributed by atoms with Gasteiger partial charge in [-0.1, -0.05) is 47.5 Å². The first-order valence-electron chi connectivity index (χ1n) is 9.06. The van der Waals surface area contributed by atoms with Crippen LogP contribution in [0.25, 0.3) is 0 Å². The molecule has 0 bridgehead atoms. The fourth-order valence-electron chi connectivity index (χ4n) is 5.96. The molecule has 1 unspecified atom stereocenters. The Morgan fingerprint density at radius 2 is 2.18 bits per heavy atom. The van der Waals surface area contributed by atoms with Gasteiger partial charge in [0.05, 0.1) is 5.60 Å². The average Bonchev–Trinajstić information content (AvgIpc) is 2.97. The lowest BCUT2D eigenvalue weighted by molar-refractivity contribution is 0.0756. The highest BCUT2D eigenvalue weighted by Crippen LogP contribution is 2.60. The molecule has 0 aromatic carbocycles. The van der Waals surface area contributed by atoms with Crippen LogP contribution >= 0.6 is 15.9 Å². The summed E-state index contributed by atoms with van der Waals surface area (Å²) >= 11 is 3.61. The van der Waals surface area contributed by atoms with Crippen molar-refractivity contribution in [3.8, 4) is 0 Å². The summed E-state index contributed by atoms with van der Waals surface area (Å²) < 4.78 is 0. The summed E-state index contributed by atoms with van der Waals surface area (Å²) in [7, 11) is 0. The minimum absolute atomic E-state index is 0.502. The fourth-order valence-corrected chi connectivity index (χ4v) is 6.51. The zero-order valence-corrected chi connectivity index (χ0v) is 15.9. The molecule has 22 heavy (non-hydrogen) atoms. The molecule has 0 heterocycles. The molecular weight excluding hydrogens is 336 g/mol. The molecule has 3 aliphatic rings. The standard InChI is InChI=1S/C20H31BrO/c1-14(11-15-8-10-19(2,22)12-15)17-6-7-18-16(13-21)5-4-9-20(17,18)3/h8,10,13-15,17-18,22H,4-7,9,11-12H2,1-3H3/t14-,15-,17-,18?,19+,20-/m1/s1. The van der Waals surface area contributed by atoms with Gasteiger partial charge in [-0.2, -0.15) is 0 Å². The van der Waals surface area contributed by atoms with Crippen molar-refractivity contribution >= 4 is 15.9 Å². The second-order valence-electron chi connectivity index (χ2n) is 8.67. The largest absolute Gasteiger partial charge is 0.386 e. The number of hydrogen-bond donors (Lipinski definition) is 1. The van der Waals surface area contributed by atoms with Crippen LogP contribution < -0.4 is 0 Å². The van der Waals surface area contributed by atoms with E-state index in [0.29, 0.717) is 11.3 Å². The highest BCUT2D eigenvalue weighted by molar-refractivity contribution is 9.11. The molecule has 0 aliphatic heterocycles. The maximum atomic E-state index is 10.1. The zero-order valence-electron chi connectivity index (χ0n) is 14.3. The van der Waals surface area contributed by atoms with Gasteiger partial charge in [-0.05, 0) is 85.9 Å². The van der Waals surface area contributed by atoms with E-state index in [0.717, 1.165) is 24.2 Å². The van der Waals surface area contributed by atoms with Gasteiger partial charge < -0.3 is 5.11 Å². The number of aliphatic hydroxyl groups is 1. The van der Waals surface area contributed by atoms with E-state index in [-0.39, 0.29) is 0 Å². The Bertz CT molecular complexity index is 478. The number of fused-ring (bicyclic) bond motifs is 1. The molecule has 2 fully saturated rings.